The molecule has 1 aromatic heterocycles. The van der Waals surface area contributed by atoms with E-state index in [1.54, 1.807) is 24.5 Å². The molecule has 0 radical (unpaired) electrons. The summed E-state index contributed by atoms with van der Waals surface area (Å²) in [5, 5.41) is 2.73. The van der Waals surface area contributed by atoms with Crippen molar-refractivity contribution in [3.8, 4) is 0 Å². The quantitative estimate of drug-likeness (QED) is 0.793. The molecule has 27 heavy (non-hydrogen) atoms. The van der Waals surface area contributed by atoms with E-state index in [4.69, 9.17) is 4.42 Å². The van der Waals surface area contributed by atoms with Crippen LogP contribution in [0, 0.1) is 0 Å². The molecule has 0 atom stereocenters. The SMILES string of the molecule is O=C(CCc1ccco1)Nc1cccc(S(=O)(=O)NC2=NCCCCC2)c1. The van der Waals surface area contributed by atoms with Gasteiger partial charge in [-0.25, -0.2) is 8.42 Å². The molecule has 0 saturated heterocycles. The molecule has 2 heterocycles. The van der Waals surface area contributed by atoms with Crippen molar-refractivity contribution in [3.05, 3.63) is 48.4 Å². The van der Waals surface area contributed by atoms with Crippen LogP contribution in [0.2, 0.25) is 0 Å². The lowest BCUT2D eigenvalue weighted by atomic mass is 10.2. The van der Waals surface area contributed by atoms with Gasteiger partial charge in [-0.2, -0.15) is 0 Å². The van der Waals surface area contributed by atoms with Gasteiger partial charge in [0.15, 0.2) is 0 Å². The van der Waals surface area contributed by atoms with Gasteiger partial charge in [0.25, 0.3) is 10.0 Å². The highest BCUT2D eigenvalue weighted by Crippen LogP contribution is 2.17. The van der Waals surface area contributed by atoms with E-state index in [1.807, 2.05) is 6.07 Å². The summed E-state index contributed by atoms with van der Waals surface area (Å²) < 4.78 is 33.0. The molecular formula is C19H23N3O4S. The predicted molar refractivity (Wildman–Crippen MR) is 103 cm³/mol. The number of carbonyl (C=O) groups is 1. The Kier molecular flexibility index (Phi) is 6.28. The van der Waals surface area contributed by atoms with Crippen LogP contribution in [0.3, 0.4) is 0 Å². The number of carbonyl (C=O) groups excluding carboxylic acids is 1. The smallest absolute Gasteiger partial charge is 0.262 e. The zero-order valence-electron chi connectivity index (χ0n) is 15.0. The molecule has 8 heteroatoms. The van der Waals surface area contributed by atoms with Crippen molar-refractivity contribution >= 4 is 27.5 Å². The number of aliphatic imine (C=N–C) groups is 1. The molecule has 0 saturated carbocycles. The summed E-state index contributed by atoms with van der Waals surface area (Å²) in [5.41, 5.74) is 0.435. The normalized spacial score (nSPS) is 14.9. The number of furan rings is 1. The summed E-state index contributed by atoms with van der Waals surface area (Å²) in [4.78, 5) is 16.5. The molecular weight excluding hydrogens is 366 g/mol. The van der Waals surface area contributed by atoms with Gasteiger partial charge in [0.05, 0.1) is 11.2 Å². The molecule has 0 bridgehead atoms. The Morgan fingerprint density at radius 3 is 2.85 bits per heavy atom. The third kappa shape index (κ3) is 5.68. The van der Waals surface area contributed by atoms with Gasteiger partial charge in [-0.15, -0.1) is 0 Å². The van der Waals surface area contributed by atoms with E-state index < -0.39 is 10.0 Å². The number of aryl methyl sites for hydroxylation is 1. The lowest BCUT2D eigenvalue weighted by Crippen LogP contribution is -2.30. The van der Waals surface area contributed by atoms with Crippen LogP contribution in [0.15, 0.2) is 57.0 Å². The number of amides is 1. The van der Waals surface area contributed by atoms with Crippen molar-refractivity contribution in [3.63, 3.8) is 0 Å². The average molecular weight is 389 g/mol. The molecule has 1 aromatic carbocycles. The van der Waals surface area contributed by atoms with Crippen LogP contribution < -0.4 is 10.0 Å². The van der Waals surface area contributed by atoms with Crippen LogP contribution in [-0.4, -0.2) is 26.7 Å². The number of nitrogens with zero attached hydrogens (tertiary/aromatic N) is 1. The number of hydrogen-bond acceptors (Lipinski definition) is 5. The third-order valence-electron chi connectivity index (χ3n) is 4.23. The van der Waals surface area contributed by atoms with Crippen LogP contribution in [-0.2, 0) is 21.2 Å². The third-order valence-corrected chi connectivity index (χ3v) is 5.61. The molecule has 1 aliphatic rings. The van der Waals surface area contributed by atoms with E-state index in [-0.39, 0.29) is 17.2 Å². The maximum atomic E-state index is 12.6. The lowest BCUT2D eigenvalue weighted by Gasteiger charge is -2.11. The average Bonchev–Trinajstić information content (AvgIpc) is 3.04. The van der Waals surface area contributed by atoms with Gasteiger partial charge in [0.1, 0.15) is 11.6 Å². The van der Waals surface area contributed by atoms with Gasteiger partial charge in [-0.05, 0) is 43.2 Å². The molecule has 0 aliphatic carbocycles. The van der Waals surface area contributed by atoms with E-state index in [2.05, 4.69) is 15.0 Å². The van der Waals surface area contributed by atoms with Crippen molar-refractivity contribution in [1.82, 2.24) is 4.72 Å². The maximum absolute atomic E-state index is 12.6. The minimum Gasteiger partial charge on any atom is -0.469 e. The molecule has 0 fully saturated rings. The zero-order valence-corrected chi connectivity index (χ0v) is 15.8. The van der Waals surface area contributed by atoms with Gasteiger partial charge in [0.2, 0.25) is 5.91 Å². The second kappa shape index (κ2) is 8.85. The van der Waals surface area contributed by atoms with Crippen LogP contribution in [0.25, 0.3) is 0 Å². The Morgan fingerprint density at radius 1 is 1.15 bits per heavy atom. The molecule has 2 N–H and O–H groups in total. The van der Waals surface area contributed by atoms with Gasteiger partial charge in [0, 0.05) is 31.5 Å². The molecule has 144 valence electrons. The van der Waals surface area contributed by atoms with Gasteiger partial charge in [-0.3, -0.25) is 14.5 Å². The number of anilines is 1. The standard InChI is InChI=1S/C19H23N3O4S/c23-19(11-10-16-7-5-13-26-16)21-15-6-4-8-17(14-15)27(24,25)22-18-9-2-1-3-12-20-18/h4-8,13-14H,1-3,9-12H2,(H,20,22)(H,21,23). The highest BCUT2D eigenvalue weighted by Gasteiger charge is 2.18. The molecule has 0 spiro atoms. The molecule has 1 amide bonds. The molecule has 7 nitrogen and oxygen atoms in total. The number of amidine groups is 1. The first-order valence-corrected chi connectivity index (χ1v) is 10.5. The Morgan fingerprint density at radius 2 is 2.04 bits per heavy atom. The first kappa shape index (κ1) is 19.2. The monoisotopic (exact) mass is 389 g/mol. The van der Waals surface area contributed by atoms with Crippen molar-refractivity contribution in [2.24, 2.45) is 4.99 Å². The fraction of sp³-hybridized carbons (Fsp3) is 0.368. The number of hydrogen-bond donors (Lipinski definition) is 2. The fourth-order valence-electron chi connectivity index (χ4n) is 2.83. The number of nitrogens with one attached hydrogen (secondary N) is 2. The minimum atomic E-state index is -3.73. The minimum absolute atomic E-state index is 0.0956. The van der Waals surface area contributed by atoms with E-state index in [1.165, 1.54) is 12.1 Å². The Bertz CT molecular complexity index is 905. The van der Waals surface area contributed by atoms with Gasteiger partial charge >= 0.3 is 0 Å². The second-order valence-electron chi connectivity index (χ2n) is 6.40. The topological polar surface area (TPSA) is 101 Å². The van der Waals surface area contributed by atoms with Crippen LogP contribution >= 0.6 is 0 Å². The van der Waals surface area contributed by atoms with Gasteiger partial charge in [-0.1, -0.05) is 12.5 Å². The Balaban J connectivity index is 1.63. The number of sulfonamides is 1. The largest absolute Gasteiger partial charge is 0.469 e. The summed E-state index contributed by atoms with van der Waals surface area (Å²) in [6.07, 6.45) is 5.87. The number of rotatable bonds is 6. The van der Waals surface area contributed by atoms with Gasteiger partial charge < -0.3 is 9.73 Å². The maximum Gasteiger partial charge on any atom is 0.262 e. The lowest BCUT2D eigenvalue weighted by molar-refractivity contribution is -0.116. The van der Waals surface area contributed by atoms with Crippen LogP contribution in [0.5, 0.6) is 0 Å². The summed E-state index contributed by atoms with van der Waals surface area (Å²) in [7, 11) is -3.73. The van der Waals surface area contributed by atoms with Crippen molar-refractivity contribution in [2.75, 3.05) is 11.9 Å². The summed E-state index contributed by atoms with van der Waals surface area (Å²) in [6, 6.07) is 9.79. The zero-order chi connectivity index (χ0) is 19.1. The van der Waals surface area contributed by atoms with E-state index in [0.717, 1.165) is 25.0 Å². The van der Waals surface area contributed by atoms with Crippen molar-refractivity contribution in [2.45, 2.75) is 43.4 Å². The van der Waals surface area contributed by atoms with Crippen molar-refractivity contribution in [1.29, 1.82) is 0 Å². The molecule has 0 unspecified atom stereocenters. The van der Waals surface area contributed by atoms with Crippen LogP contribution in [0.1, 0.15) is 37.9 Å². The first-order valence-electron chi connectivity index (χ1n) is 9.01. The first-order chi connectivity index (χ1) is 13.0. The number of benzene rings is 1. The Labute approximate surface area is 158 Å². The molecule has 1 aliphatic heterocycles. The summed E-state index contributed by atoms with van der Waals surface area (Å²) in [5.74, 6) is 1.03. The van der Waals surface area contributed by atoms with E-state index >= 15 is 0 Å². The molecule has 3 rings (SSSR count). The fourth-order valence-corrected chi connectivity index (χ4v) is 3.96. The second-order valence-corrected chi connectivity index (χ2v) is 8.08. The van der Waals surface area contributed by atoms with Crippen molar-refractivity contribution < 1.29 is 17.6 Å². The molecule has 2 aromatic rings. The summed E-state index contributed by atoms with van der Waals surface area (Å²) >= 11 is 0. The predicted octanol–water partition coefficient (Wildman–Crippen LogP) is 3.10. The highest BCUT2D eigenvalue weighted by molar-refractivity contribution is 7.90. The summed E-state index contributed by atoms with van der Waals surface area (Å²) in [6.45, 7) is 0.642. The highest BCUT2D eigenvalue weighted by atomic mass is 32.2. The van der Waals surface area contributed by atoms with Crippen LogP contribution in [0.4, 0.5) is 5.69 Å². The van der Waals surface area contributed by atoms with E-state index in [0.29, 0.717) is 30.9 Å². The Hall–Kier alpha value is -2.61. The van der Waals surface area contributed by atoms with E-state index in [9.17, 15) is 13.2 Å².